The fourth-order valence-corrected chi connectivity index (χ4v) is 8.63. The van der Waals surface area contributed by atoms with Gasteiger partial charge in [0.25, 0.3) is 0 Å². The van der Waals surface area contributed by atoms with Crippen molar-refractivity contribution in [2.75, 3.05) is 39.0 Å². The second-order valence-electron chi connectivity index (χ2n) is 10.2. The molecule has 3 aromatic carbocycles. The number of likely N-dealkylation sites (tertiary alicyclic amines) is 1. The highest BCUT2D eigenvalue weighted by Gasteiger charge is 2.41. The summed E-state index contributed by atoms with van der Waals surface area (Å²) in [5.41, 5.74) is 2.84. The fourth-order valence-electron chi connectivity index (χ4n) is 5.59. The maximum Gasteiger partial charge on any atom is 0.242 e. The van der Waals surface area contributed by atoms with Crippen molar-refractivity contribution >= 4 is 45.0 Å². The van der Waals surface area contributed by atoms with Crippen LogP contribution in [0.25, 0.3) is 0 Å². The summed E-state index contributed by atoms with van der Waals surface area (Å²) < 4.78 is 27.9. The molecule has 1 saturated heterocycles. The number of benzene rings is 3. The zero-order chi connectivity index (χ0) is 26.0. The molecule has 2 aliphatic heterocycles. The van der Waals surface area contributed by atoms with Crippen molar-refractivity contribution in [2.45, 2.75) is 40.4 Å². The third-order valence-corrected chi connectivity index (χ3v) is 11.9. The summed E-state index contributed by atoms with van der Waals surface area (Å²) in [6.07, 6.45) is 3.17. The third-order valence-electron chi connectivity index (χ3n) is 7.91. The van der Waals surface area contributed by atoms with E-state index < -0.39 is 10.0 Å². The number of likely N-dealkylation sites (N-methyl/N-ethyl adjacent to an activating group) is 1. The van der Waals surface area contributed by atoms with Gasteiger partial charge in [0.15, 0.2) is 0 Å². The molecule has 196 valence electrons. The molecule has 2 aliphatic rings. The second-order valence-corrected chi connectivity index (χ2v) is 14.0. The minimum atomic E-state index is -3.59. The van der Waals surface area contributed by atoms with E-state index in [1.165, 1.54) is 20.5 Å². The Balaban J connectivity index is 1.28. The standard InChI is InChI=1S/C29H32Cl2N2O2S2/c1-32(37(34,35)24-7-3-2-4-8-24)20-23(22-11-12-26(30)27(31)19-22)13-16-33-17-14-29(15-18-33)21-36-28-10-6-5-9-25(28)29/h2-12,19,23H,13-18,20-21H2,1H3/t23-/m0/s1. The Morgan fingerprint density at radius 3 is 2.41 bits per heavy atom. The number of thioether (sulfide) groups is 1. The van der Waals surface area contributed by atoms with Crippen LogP contribution in [0.5, 0.6) is 0 Å². The van der Waals surface area contributed by atoms with Crippen molar-refractivity contribution in [3.05, 3.63) is 94.0 Å². The van der Waals surface area contributed by atoms with Gasteiger partial charge in [0.2, 0.25) is 10.0 Å². The van der Waals surface area contributed by atoms with E-state index in [9.17, 15) is 8.42 Å². The number of halogens is 2. The molecule has 0 aliphatic carbocycles. The molecule has 0 radical (unpaired) electrons. The van der Waals surface area contributed by atoms with E-state index in [2.05, 4.69) is 29.2 Å². The molecule has 3 aromatic rings. The Kier molecular flexibility index (Phi) is 8.25. The average Bonchev–Trinajstić information content (AvgIpc) is 3.27. The molecule has 5 rings (SSSR count). The zero-order valence-electron chi connectivity index (χ0n) is 20.9. The Morgan fingerprint density at radius 1 is 0.973 bits per heavy atom. The normalized spacial score (nSPS) is 18.3. The van der Waals surface area contributed by atoms with Gasteiger partial charge in [0, 0.05) is 29.7 Å². The number of sulfonamides is 1. The summed E-state index contributed by atoms with van der Waals surface area (Å²) in [7, 11) is -1.93. The first-order valence-electron chi connectivity index (χ1n) is 12.7. The van der Waals surface area contributed by atoms with Crippen LogP contribution in [0.4, 0.5) is 0 Å². The molecule has 0 N–H and O–H groups in total. The Labute approximate surface area is 235 Å². The van der Waals surface area contributed by atoms with Crippen LogP contribution in [0.2, 0.25) is 10.0 Å². The van der Waals surface area contributed by atoms with Crippen LogP contribution < -0.4 is 0 Å². The van der Waals surface area contributed by atoms with Crippen LogP contribution in [-0.2, 0) is 15.4 Å². The van der Waals surface area contributed by atoms with Gasteiger partial charge in [0.1, 0.15) is 0 Å². The van der Waals surface area contributed by atoms with Crippen molar-refractivity contribution in [1.82, 2.24) is 9.21 Å². The lowest BCUT2D eigenvalue weighted by Crippen LogP contribution is -2.43. The van der Waals surface area contributed by atoms with Crippen LogP contribution >= 0.6 is 35.0 Å². The highest BCUT2D eigenvalue weighted by molar-refractivity contribution is 7.99. The summed E-state index contributed by atoms with van der Waals surface area (Å²) >= 11 is 14.5. The van der Waals surface area contributed by atoms with Gasteiger partial charge in [-0.05, 0) is 86.3 Å². The Hall–Kier alpha value is -1.54. The van der Waals surface area contributed by atoms with E-state index in [-0.39, 0.29) is 5.92 Å². The summed E-state index contributed by atoms with van der Waals surface area (Å²) in [5.74, 6) is 1.17. The van der Waals surface area contributed by atoms with E-state index in [4.69, 9.17) is 23.2 Å². The first kappa shape index (κ1) is 27.0. The van der Waals surface area contributed by atoms with Gasteiger partial charge in [-0.3, -0.25) is 0 Å². The topological polar surface area (TPSA) is 40.6 Å². The third kappa shape index (κ3) is 5.75. The van der Waals surface area contributed by atoms with E-state index >= 15 is 0 Å². The number of piperidine rings is 1. The van der Waals surface area contributed by atoms with E-state index in [0.29, 0.717) is 26.9 Å². The molecule has 0 bridgehead atoms. The lowest BCUT2D eigenvalue weighted by atomic mass is 9.74. The number of nitrogens with zero attached hydrogens (tertiary/aromatic N) is 2. The van der Waals surface area contributed by atoms with Crippen molar-refractivity contribution in [2.24, 2.45) is 0 Å². The minimum absolute atomic E-state index is 0.00287. The van der Waals surface area contributed by atoms with Crippen LogP contribution in [0, 0.1) is 0 Å². The van der Waals surface area contributed by atoms with Gasteiger partial charge in [-0.1, -0.05) is 65.7 Å². The Bertz CT molecular complexity index is 1340. The molecule has 37 heavy (non-hydrogen) atoms. The fraction of sp³-hybridized carbons (Fsp3) is 0.379. The molecule has 8 heteroatoms. The predicted molar refractivity (Wildman–Crippen MR) is 155 cm³/mol. The van der Waals surface area contributed by atoms with Gasteiger partial charge in [0.05, 0.1) is 14.9 Å². The maximum atomic E-state index is 13.2. The molecule has 1 atom stereocenters. The van der Waals surface area contributed by atoms with Crippen LogP contribution in [0.15, 0.2) is 82.6 Å². The van der Waals surface area contributed by atoms with Gasteiger partial charge >= 0.3 is 0 Å². The number of hydrogen-bond donors (Lipinski definition) is 0. The molecule has 2 heterocycles. The molecular formula is C29H32Cl2N2O2S2. The summed E-state index contributed by atoms with van der Waals surface area (Å²) in [4.78, 5) is 4.28. The summed E-state index contributed by atoms with van der Waals surface area (Å²) in [5, 5.41) is 1.00. The van der Waals surface area contributed by atoms with E-state index in [1.807, 2.05) is 30.0 Å². The lowest BCUT2D eigenvalue weighted by molar-refractivity contribution is 0.166. The molecule has 0 saturated carbocycles. The highest BCUT2D eigenvalue weighted by Crippen LogP contribution is 2.49. The second kappa shape index (κ2) is 11.3. The molecule has 1 fully saturated rings. The minimum Gasteiger partial charge on any atom is -0.303 e. The first-order chi connectivity index (χ1) is 17.8. The molecule has 0 unspecified atom stereocenters. The quantitative estimate of drug-likeness (QED) is 0.292. The predicted octanol–water partition coefficient (Wildman–Crippen LogP) is 6.93. The van der Waals surface area contributed by atoms with Crippen LogP contribution in [0.3, 0.4) is 0 Å². The van der Waals surface area contributed by atoms with Gasteiger partial charge in [-0.15, -0.1) is 11.8 Å². The van der Waals surface area contributed by atoms with Crippen LogP contribution in [0.1, 0.15) is 36.3 Å². The zero-order valence-corrected chi connectivity index (χ0v) is 24.1. The molecule has 0 amide bonds. The SMILES string of the molecule is CN(C[C@H](CCN1CCC2(CC1)CSc1ccccc12)c1ccc(Cl)c(Cl)c1)S(=O)(=O)c1ccccc1. The number of hydrogen-bond acceptors (Lipinski definition) is 4. The molecule has 4 nitrogen and oxygen atoms in total. The highest BCUT2D eigenvalue weighted by atomic mass is 35.5. The molecular weight excluding hydrogens is 543 g/mol. The van der Waals surface area contributed by atoms with Gasteiger partial charge in [-0.25, -0.2) is 12.7 Å². The summed E-state index contributed by atoms with van der Waals surface area (Å²) in [6.45, 7) is 3.40. The van der Waals surface area contributed by atoms with Crippen molar-refractivity contribution in [3.63, 3.8) is 0 Å². The Morgan fingerprint density at radius 2 is 1.68 bits per heavy atom. The van der Waals surface area contributed by atoms with Crippen molar-refractivity contribution < 1.29 is 8.42 Å². The van der Waals surface area contributed by atoms with Gasteiger partial charge in [-0.2, -0.15) is 0 Å². The monoisotopic (exact) mass is 574 g/mol. The summed E-state index contributed by atoms with van der Waals surface area (Å²) in [6, 6.07) is 23.1. The van der Waals surface area contributed by atoms with Crippen molar-refractivity contribution in [3.8, 4) is 0 Å². The maximum absolute atomic E-state index is 13.2. The van der Waals surface area contributed by atoms with Gasteiger partial charge < -0.3 is 4.90 Å². The molecule has 0 aromatic heterocycles. The number of rotatable bonds is 8. The molecule has 1 spiro atoms. The van der Waals surface area contributed by atoms with E-state index in [0.717, 1.165) is 44.5 Å². The van der Waals surface area contributed by atoms with E-state index in [1.54, 1.807) is 37.4 Å². The largest absolute Gasteiger partial charge is 0.303 e. The first-order valence-corrected chi connectivity index (χ1v) is 15.9. The lowest BCUT2D eigenvalue weighted by Gasteiger charge is -2.40. The van der Waals surface area contributed by atoms with Crippen LogP contribution in [-0.4, -0.2) is 56.6 Å². The average molecular weight is 576 g/mol. The number of fused-ring (bicyclic) bond motifs is 2. The van der Waals surface area contributed by atoms with Crippen molar-refractivity contribution in [1.29, 1.82) is 0 Å². The smallest absolute Gasteiger partial charge is 0.242 e.